The standard InChI is InChI=1S/C81H90N12O16/c1-47(2)72(86-70(96)42-83-69(95)41-82-68(94)29-30-71(97)91-43-52-15-9-10-16-57(52)73-74(89(4)88-87-73)58-17-11-12-18-61(58)91)76(99)84-48(3)75(98)85-54-24-19-49(20-25-54)45-109-80(103)93-62-39-67(65(106-7)38-60(62)78(101)92-46-81(31-32-81)40-63(92)79(93)102)108-34-14-8-13-33-107-66-36-51-21-26-55-35-53(50-22-27-56(104-5)28-23-50)44-90(55)77(100)59(51)37-64(66)105-6/h9-12,15-20,22-25,27-28,36-39,44,47-48,55,63,72,79,102H,8,13-14,21,26,29-35,40-43,45-46H2,1-7H3,(H,82,94)(H,83,95)(H,84,99)(H,85,98)(H,86,96)/t48-,55+,63-,72-,79-/m0/s1. The molecule has 13 rings (SSSR count). The molecule has 1 saturated heterocycles. The number of benzene rings is 6. The Morgan fingerprint density at radius 3 is 2.06 bits per heavy atom. The van der Waals surface area contributed by atoms with Crippen LogP contribution in [0.25, 0.3) is 28.1 Å². The number of aromatic nitrogens is 3. The van der Waals surface area contributed by atoms with Crippen molar-refractivity contribution in [2.45, 2.75) is 135 Å². The van der Waals surface area contributed by atoms with E-state index in [0.717, 1.165) is 75.4 Å². The van der Waals surface area contributed by atoms with E-state index in [0.29, 0.717) is 85.0 Å². The molecule has 5 aliphatic heterocycles. The maximum absolute atomic E-state index is 14.5. The quantitative estimate of drug-likeness (QED) is 0.0262. The molecular weight excluding hydrogens is 1400 g/mol. The largest absolute Gasteiger partial charge is 0.497 e. The van der Waals surface area contributed by atoms with Gasteiger partial charge in [0.1, 0.15) is 30.1 Å². The fourth-order valence-corrected chi connectivity index (χ4v) is 14.9. The number of carbonyl (C=O) groups is 9. The molecule has 6 aromatic carbocycles. The maximum Gasteiger partial charge on any atom is 0.416 e. The average Bonchev–Trinajstić information content (AvgIpc) is 1.57. The molecule has 0 radical (unpaired) electrons. The highest BCUT2D eigenvalue weighted by molar-refractivity contribution is 6.07. The summed E-state index contributed by atoms with van der Waals surface area (Å²) in [5.74, 6) is -2.08. The molecule has 7 aromatic rings. The second-order valence-electron chi connectivity index (χ2n) is 28.8. The molecule has 1 saturated carbocycles. The molecule has 1 aliphatic carbocycles. The van der Waals surface area contributed by atoms with Crippen LogP contribution in [0.4, 0.5) is 21.9 Å². The van der Waals surface area contributed by atoms with Gasteiger partial charge in [0.25, 0.3) is 11.8 Å². The number of nitrogens with one attached hydrogen (secondary N) is 5. The number of rotatable bonds is 27. The number of fused-ring (bicyclic) bond motifs is 9. The molecule has 5 atom stereocenters. The van der Waals surface area contributed by atoms with Gasteiger partial charge in [0.15, 0.2) is 29.2 Å². The van der Waals surface area contributed by atoms with Crippen LogP contribution in [-0.2, 0) is 60.1 Å². The fourth-order valence-electron chi connectivity index (χ4n) is 14.9. The predicted octanol–water partition coefficient (Wildman–Crippen LogP) is 8.62. The van der Waals surface area contributed by atoms with Crippen LogP contribution in [0, 0.1) is 11.3 Å². The number of aliphatic hydroxyl groups excluding tert-OH is 1. The first kappa shape index (κ1) is 75.4. The summed E-state index contributed by atoms with van der Waals surface area (Å²) in [4.78, 5) is 129. The number of para-hydroxylation sites is 1. The number of hydrogen-bond donors (Lipinski definition) is 6. The van der Waals surface area contributed by atoms with Gasteiger partial charge in [0, 0.05) is 67.1 Å². The lowest BCUT2D eigenvalue weighted by atomic mass is 9.95. The molecule has 109 heavy (non-hydrogen) atoms. The number of carbonyl (C=O) groups excluding carboxylic acids is 9. The Labute approximate surface area is 630 Å². The Morgan fingerprint density at radius 1 is 0.670 bits per heavy atom. The predicted molar refractivity (Wildman–Crippen MR) is 402 cm³/mol. The van der Waals surface area contributed by atoms with E-state index in [9.17, 15) is 48.3 Å². The van der Waals surface area contributed by atoms with E-state index >= 15 is 0 Å². The summed E-state index contributed by atoms with van der Waals surface area (Å²) in [6.45, 7) is 4.85. The van der Waals surface area contributed by atoms with Crippen LogP contribution in [0.1, 0.15) is 128 Å². The summed E-state index contributed by atoms with van der Waals surface area (Å²) in [5.41, 5.74) is 9.13. The number of ether oxygens (including phenoxy) is 6. The van der Waals surface area contributed by atoms with Crippen molar-refractivity contribution in [1.82, 2.24) is 46.1 Å². The lowest BCUT2D eigenvalue weighted by molar-refractivity contribution is -0.132. The van der Waals surface area contributed by atoms with Crippen molar-refractivity contribution in [1.29, 1.82) is 0 Å². The number of aliphatic hydroxyl groups is 1. The monoisotopic (exact) mass is 1490 g/mol. The van der Waals surface area contributed by atoms with Gasteiger partial charge < -0.3 is 74.8 Å². The van der Waals surface area contributed by atoms with Crippen LogP contribution in [0.3, 0.4) is 0 Å². The van der Waals surface area contributed by atoms with Gasteiger partial charge in [-0.15, -0.1) is 5.10 Å². The minimum Gasteiger partial charge on any atom is -0.497 e. The zero-order valence-electron chi connectivity index (χ0n) is 62.0. The van der Waals surface area contributed by atoms with Gasteiger partial charge in [-0.25, -0.2) is 14.4 Å². The van der Waals surface area contributed by atoms with Crippen molar-refractivity contribution < 1.29 is 76.7 Å². The van der Waals surface area contributed by atoms with Gasteiger partial charge in [-0.05, 0) is 152 Å². The SMILES string of the molecule is COc1ccc(C2=CN3C(=O)c4cc(OC)c(OCCCCCOc5cc6c(cc5OC)C(=O)N5CC7(CC7)C[C@H]5[C@H](O)N6C(=O)OCc5ccc(NC(=O)[C@H](C)NC(=O)[C@@H](NC(=O)CNC(=O)CNC(=O)CCC(=O)N6Cc7ccccc7-c7nnn(C)c7-c7ccccc76)C(C)C)cc5)cc4CC[C@@H]3C2)cc1. The first-order chi connectivity index (χ1) is 52.6. The van der Waals surface area contributed by atoms with Gasteiger partial charge in [-0.3, -0.25) is 38.4 Å². The summed E-state index contributed by atoms with van der Waals surface area (Å²) >= 11 is 0. The third-order valence-electron chi connectivity index (χ3n) is 21.1. The van der Waals surface area contributed by atoms with Crippen molar-refractivity contribution in [3.63, 3.8) is 0 Å². The van der Waals surface area contributed by atoms with E-state index in [-0.39, 0.29) is 84.5 Å². The van der Waals surface area contributed by atoms with E-state index < -0.39 is 79.0 Å². The molecule has 6 heterocycles. The first-order valence-electron chi connectivity index (χ1n) is 36.8. The summed E-state index contributed by atoms with van der Waals surface area (Å²) in [6, 6.07) is 33.2. The van der Waals surface area contributed by atoms with Crippen molar-refractivity contribution in [2.24, 2.45) is 18.4 Å². The first-order valence-corrected chi connectivity index (χ1v) is 36.8. The number of unbranched alkanes of at least 4 members (excludes halogenated alkanes) is 2. The lowest BCUT2D eigenvalue weighted by Crippen LogP contribution is -2.55. The Balaban J connectivity index is 0.557. The topological polar surface area (TPSA) is 333 Å². The highest BCUT2D eigenvalue weighted by Gasteiger charge is 2.58. The molecule has 1 aromatic heterocycles. The zero-order valence-corrected chi connectivity index (χ0v) is 62.0. The molecule has 28 nitrogen and oxygen atoms in total. The Bertz CT molecular complexity index is 4690. The molecule has 9 amide bonds. The highest BCUT2D eigenvalue weighted by Crippen LogP contribution is 2.57. The molecule has 0 unspecified atom stereocenters. The molecular formula is C81H90N12O16. The van der Waals surface area contributed by atoms with Crippen LogP contribution in [0.2, 0.25) is 0 Å². The minimum absolute atomic E-state index is 0.0337. The second kappa shape index (κ2) is 32.7. The van der Waals surface area contributed by atoms with Crippen molar-refractivity contribution in [3.05, 3.63) is 161 Å². The van der Waals surface area contributed by atoms with Gasteiger partial charge in [0.05, 0.1) is 82.9 Å². The van der Waals surface area contributed by atoms with Gasteiger partial charge in [-0.1, -0.05) is 85.8 Å². The average molecular weight is 1490 g/mol. The van der Waals surface area contributed by atoms with Gasteiger partial charge in [0.2, 0.25) is 35.4 Å². The highest BCUT2D eigenvalue weighted by atomic mass is 16.6. The van der Waals surface area contributed by atoms with Crippen molar-refractivity contribution in [2.75, 3.05) is 69.3 Å². The van der Waals surface area contributed by atoms with E-state index in [1.165, 1.54) is 26.2 Å². The number of aryl methyl sites for hydroxylation is 2. The summed E-state index contributed by atoms with van der Waals surface area (Å²) in [5, 5.41) is 33.9. The third-order valence-corrected chi connectivity index (χ3v) is 21.1. The third kappa shape index (κ3) is 16.5. The molecule has 0 bridgehead atoms. The van der Waals surface area contributed by atoms with Crippen LogP contribution >= 0.6 is 0 Å². The van der Waals surface area contributed by atoms with Crippen molar-refractivity contribution in [3.8, 4) is 51.3 Å². The lowest BCUT2D eigenvalue weighted by Gasteiger charge is -2.31. The Hall–Kier alpha value is -11.8. The number of anilines is 3. The van der Waals surface area contributed by atoms with E-state index in [4.69, 9.17) is 28.4 Å². The Morgan fingerprint density at radius 2 is 1.35 bits per heavy atom. The van der Waals surface area contributed by atoms with Gasteiger partial charge >= 0.3 is 6.09 Å². The normalized spacial score (nSPS) is 17.5. The van der Waals surface area contributed by atoms with E-state index in [2.05, 4.69) is 36.9 Å². The number of methoxy groups -OCH3 is 3. The van der Waals surface area contributed by atoms with E-state index in [1.807, 2.05) is 90.0 Å². The maximum atomic E-state index is 14.5. The van der Waals surface area contributed by atoms with Gasteiger partial charge in [-0.2, -0.15) is 0 Å². The second-order valence-corrected chi connectivity index (χ2v) is 28.8. The molecule has 28 heteroatoms. The fraction of sp³-hybridized carbons (Fsp3) is 0.395. The van der Waals surface area contributed by atoms with E-state index in [1.54, 1.807) is 79.9 Å². The molecule has 1 spiro atoms. The molecule has 2 fully saturated rings. The summed E-state index contributed by atoms with van der Waals surface area (Å²) in [6.07, 6.45) is 5.69. The van der Waals surface area contributed by atoms with Crippen LogP contribution in [0.5, 0.6) is 28.7 Å². The van der Waals surface area contributed by atoms with Crippen LogP contribution in [-0.4, -0.2) is 168 Å². The number of nitrogens with zero attached hydrogens (tertiary/aromatic N) is 7. The Kier molecular flexibility index (Phi) is 22.6. The molecule has 6 aliphatic rings. The zero-order chi connectivity index (χ0) is 76.8. The van der Waals surface area contributed by atoms with Crippen LogP contribution in [0.15, 0.2) is 128 Å². The van der Waals surface area contributed by atoms with Crippen molar-refractivity contribution >= 4 is 76.0 Å². The van der Waals surface area contributed by atoms with Crippen LogP contribution < -0.4 is 60.1 Å². The molecule has 570 valence electrons. The minimum atomic E-state index is -1.48. The summed E-state index contributed by atoms with van der Waals surface area (Å²) in [7, 11) is 6.44. The number of hydrogen-bond acceptors (Lipinski definition) is 18. The molecule has 6 N–H and O–H groups in total. The number of amides is 9. The smallest absolute Gasteiger partial charge is 0.416 e. The summed E-state index contributed by atoms with van der Waals surface area (Å²) < 4.78 is 37.0.